The van der Waals surface area contributed by atoms with Crippen LogP contribution in [-0.4, -0.2) is 15.7 Å². The molecular weight excluding hydrogens is 276 g/mol. The molecule has 1 amide bonds. The predicted octanol–water partition coefficient (Wildman–Crippen LogP) is 3.08. The van der Waals surface area contributed by atoms with E-state index in [9.17, 15) is 4.79 Å². The molecule has 22 heavy (non-hydrogen) atoms. The first-order valence-corrected chi connectivity index (χ1v) is 7.22. The molecule has 0 spiro atoms. The lowest BCUT2D eigenvalue weighted by Gasteiger charge is -2.18. The molecule has 1 N–H and O–H groups in total. The lowest BCUT2D eigenvalue weighted by molar-refractivity contribution is -0.116. The van der Waals surface area contributed by atoms with Crippen LogP contribution in [0.15, 0.2) is 36.7 Å². The van der Waals surface area contributed by atoms with Crippen LogP contribution in [-0.2, 0) is 16.8 Å². The van der Waals surface area contributed by atoms with Gasteiger partial charge in [0.1, 0.15) is 0 Å². The van der Waals surface area contributed by atoms with Gasteiger partial charge in [0.25, 0.3) is 0 Å². The van der Waals surface area contributed by atoms with E-state index in [1.165, 1.54) is 0 Å². The van der Waals surface area contributed by atoms with E-state index in [-0.39, 0.29) is 11.4 Å². The number of amides is 1. The quantitative estimate of drug-likeness (QED) is 0.942. The van der Waals surface area contributed by atoms with Crippen LogP contribution < -0.4 is 5.32 Å². The SMILES string of the molecule is CC(C)(C)n1cc(NC(=O)CCc2ccc(C#N)cc2)cn1. The van der Waals surface area contributed by atoms with E-state index in [4.69, 9.17) is 5.26 Å². The van der Waals surface area contributed by atoms with Crippen LogP contribution in [0.5, 0.6) is 0 Å². The van der Waals surface area contributed by atoms with Crippen LogP contribution in [0.4, 0.5) is 5.69 Å². The molecule has 0 radical (unpaired) electrons. The molecule has 2 aromatic rings. The summed E-state index contributed by atoms with van der Waals surface area (Å²) in [5.74, 6) is -0.0437. The molecule has 0 saturated carbocycles. The number of carbonyl (C=O) groups is 1. The Labute approximate surface area is 130 Å². The zero-order valence-electron chi connectivity index (χ0n) is 13.1. The van der Waals surface area contributed by atoms with Crippen molar-refractivity contribution in [2.75, 3.05) is 5.32 Å². The van der Waals surface area contributed by atoms with Gasteiger partial charge in [0, 0.05) is 12.6 Å². The highest BCUT2D eigenvalue weighted by Crippen LogP contribution is 2.16. The van der Waals surface area contributed by atoms with Crippen LogP contribution >= 0.6 is 0 Å². The van der Waals surface area contributed by atoms with E-state index >= 15 is 0 Å². The summed E-state index contributed by atoms with van der Waals surface area (Å²) in [6.07, 6.45) is 4.53. The minimum atomic E-state index is -0.106. The highest BCUT2D eigenvalue weighted by Gasteiger charge is 2.14. The third-order valence-electron chi connectivity index (χ3n) is 3.28. The fourth-order valence-corrected chi connectivity index (χ4v) is 1.98. The van der Waals surface area contributed by atoms with E-state index in [1.807, 2.05) is 23.0 Å². The van der Waals surface area contributed by atoms with Crippen LogP contribution in [0.2, 0.25) is 0 Å². The number of aryl methyl sites for hydroxylation is 1. The average Bonchev–Trinajstić information content (AvgIpc) is 2.94. The van der Waals surface area contributed by atoms with E-state index in [0.717, 1.165) is 5.56 Å². The van der Waals surface area contributed by atoms with Crippen molar-refractivity contribution in [3.63, 3.8) is 0 Å². The number of nitriles is 1. The zero-order chi connectivity index (χ0) is 16.2. The van der Waals surface area contributed by atoms with Gasteiger partial charge in [-0.1, -0.05) is 12.1 Å². The molecule has 0 aliphatic carbocycles. The van der Waals surface area contributed by atoms with Gasteiger partial charge in [-0.05, 0) is 44.9 Å². The summed E-state index contributed by atoms with van der Waals surface area (Å²) >= 11 is 0. The molecule has 0 fully saturated rings. The lowest BCUT2D eigenvalue weighted by atomic mass is 10.1. The van der Waals surface area contributed by atoms with Crippen molar-refractivity contribution in [2.45, 2.75) is 39.2 Å². The topological polar surface area (TPSA) is 70.7 Å². The molecule has 5 nitrogen and oxygen atoms in total. The van der Waals surface area contributed by atoms with Gasteiger partial charge >= 0.3 is 0 Å². The van der Waals surface area contributed by atoms with E-state index in [0.29, 0.717) is 24.1 Å². The maximum absolute atomic E-state index is 12.0. The monoisotopic (exact) mass is 296 g/mol. The summed E-state index contributed by atoms with van der Waals surface area (Å²) in [5, 5.41) is 15.8. The molecule has 0 saturated heterocycles. The standard InChI is InChI=1S/C17H20N4O/c1-17(2,3)21-12-15(11-19-21)20-16(22)9-8-13-4-6-14(10-18)7-5-13/h4-7,11-12H,8-9H2,1-3H3,(H,20,22). The van der Waals surface area contributed by atoms with Crippen LogP contribution in [0.25, 0.3) is 0 Å². The highest BCUT2D eigenvalue weighted by atomic mass is 16.1. The van der Waals surface area contributed by atoms with E-state index in [2.05, 4.69) is 37.3 Å². The molecule has 1 aromatic heterocycles. The smallest absolute Gasteiger partial charge is 0.224 e. The van der Waals surface area contributed by atoms with Gasteiger partial charge in [-0.2, -0.15) is 10.4 Å². The molecule has 1 heterocycles. The fraction of sp³-hybridized carbons (Fsp3) is 0.353. The van der Waals surface area contributed by atoms with Crippen LogP contribution in [0.1, 0.15) is 38.3 Å². The van der Waals surface area contributed by atoms with Gasteiger partial charge in [0.2, 0.25) is 5.91 Å². The molecule has 5 heteroatoms. The Bertz CT molecular complexity index is 687. The van der Waals surface area contributed by atoms with Crippen molar-refractivity contribution in [3.8, 4) is 6.07 Å². The second kappa shape index (κ2) is 6.44. The Hall–Kier alpha value is -2.61. The number of anilines is 1. The van der Waals surface area contributed by atoms with Crippen molar-refractivity contribution < 1.29 is 4.79 Å². The van der Waals surface area contributed by atoms with Crippen molar-refractivity contribution in [3.05, 3.63) is 47.8 Å². The number of hydrogen-bond acceptors (Lipinski definition) is 3. The Morgan fingerprint density at radius 3 is 2.55 bits per heavy atom. The van der Waals surface area contributed by atoms with Crippen molar-refractivity contribution in [2.24, 2.45) is 0 Å². The molecule has 0 unspecified atom stereocenters. The second-order valence-electron chi connectivity index (χ2n) is 6.20. The third-order valence-corrected chi connectivity index (χ3v) is 3.28. The van der Waals surface area contributed by atoms with Gasteiger partial charge in [-0.15, -0.1) is 0 Å². The van der Waals surface area contributed by atoms with E-state index in [1.54, 1.807) is 18.3 Å². The summed E-state index contributed by atoms with van der Waals surface area (Å²) in [6, 6.07) is 9.36. The summed E-state index contributed by atoms with van der Waals surface area (Å²) in [7, 11) is 0. The Morgan fingerprint density at radius 2 is 2.00 bits per heavy atom. The summed E-state index contributed by atoms with van der Waals surface area (Å²) in [4.78, 5) is 12.0. The maximum atomic E-state index is 12.0. The van der Waals surface area contributed by atoms with Crippen molar-refractivity contribution >= 4 is 11.6 Å². The number of rotatable bonds is 4. The zero-order valence-corrected chi connectivity index (χ0v) is 13.1. The number of benzene rings is 1. The fourth-order valence-electron chi connectivity index (χ4n) is 1.98. The largest absolute Gasteiger partial charge is 0.323 e. The number of carbonyl (C=O) groups excluding carboxylic acids is 1. The molecule has 2 rings (SSSR count). The van der Waals surface area contributed by atoms with Crippen molar-refractivity contribution in [1.82, 2.24) is 9.78 Å². The first kappa shape index (κ1) is 15.8. The Kier molecular flexibility index (Phi) is 4.62. The maximum Gasteiger partial charge on any atom is 0.224 e. The average molecular weight is 296 g/mol. The third kappa shape index (κ3) is 4.19. The second-order valence-corrected chi connectivity index (χ2v) is 6.20. The van der Waals surface area contributed by atoms with E-state index < -0.39 is 0 Å². The van der Waals surface area contributed by atoms with Gasteiger partial charge < -0.3 is 5.32 Å². The number of nitrogens with zero attached hydrogens (tertiary/aromatic N) is 3. The van der Waals surface area contributed by atoms with Crippen LogP contribution in [0.3, 0.4) is 0 Å². The van der Waals surface area contributed by atoms with Gasteiger partial charge in [0.15, 0.2) is 0 Å². The highest BCUT2D eigenvalue weighted by molar-refractivity contribution is 5.90. The lowest BCUT2D eigenvalue weighted by Crippen LogP contribution is -2.22. The number of hydrogen-bond donors (Lipinski definition) is 1. The number of aromatic nitrogens is 2. The summed E-state index contributed by atoms with van der Waals surface area (Å²) < 4.78 is 1.82. The molecule has 0 aliphatic rings. The summed E-state index contributed by atoms with van der Waals surface area (Å²) in [5.41, 5.74) is 2.27. The molecule has 114 valence electrons. The van der Waals surface area contributed by atoms with Crippen molar-refractivity contribution in [1.29, 1.82) is 5.26 Å². The Morgan fingerprint density at radius 1 is 1.32 bits per heavy atom. The molecule has 0 atom stereocenters. The van der Waals surface area contributed by atoms with Gasteiger partial charge in [-0.3, -0.25) is 9.48 Å². The van der Waals surface area contributed by atoms with Gasteiger partial charge in [-0.25, -0.2) is 0 Å². The first-order chi connectivity index (χ1) is 10.4. The minimum absolute atomic E-state index is 0.0437. The summed E-state index contributed by atoms with van der Waals surface area (Å²) in [6.45, 7) is 6.16. The molecular formula is C17H20N4O. The molecule has 0 bridgehead atoms. The Balaban J connectivity index is 1.87. The first-order valence-electron chi connectivity index (χ1n) is 7.22. The normalized spacial score (nSPS) is 11.0. The van der Waals surface area contributed by atoms with Crippen LogP contribution in [0, 0.1) is 11.3 Å². The van der Waals surface area contributed by atoms with Gasteiger partial charge in [0.05, 0.1) is 29.1 Å². The predicted molar refractivity (Wildman–Crippen MR) is 85.3 cm³/mol. The molecule has 0 aliphatic heterocycles. The number of nitrogens with one attached hydrogen (secondary N) is 1. The minimum Gasteiger partial charge on any atom is -0.323 e. The molecule has 1 aromatic carbocycles.